The Labute approximate surface area is 205 Å². The van der Waals surface area contributed by atoms with Crippen molar-refractivity contribution in [3.05, 3.63) is 39.6 Å². The number of carbonyl (C=O) groups excluding carboxylic acids is 1. The van der Waals surface area contributed by atoms with Crippen molar-refractivity contribution in [2.45, 2.75) is 57.4 Å². The van der Waals surface area contributed by atoms with Gasteiger partial charge < -0.3 is 29.7 Å². The fourth-order valence-electron chi connectivity index (χ4n) is 3.61. The summed E-state index contributed by atoms with van der Waals surface area (Å²) in [4.78, 5) is 32.5. The topological polar surface area (TPSA) is 128 Å². The fraction of sp³-hybridized carbons (Fsp3) is 0.542. The first-order chi connectivity index (χ1) is 16.0. The average Bonchev–Trinajstić information content (AvgIpc) is 3.27. The van der Waals surface area contributed by atoms with Crippen LogP contribution >= 0.6 is 18.9 Å². The maximum absolute atomic E-state index is 12.6. The monoisotopic (exact) mass is 513 g/mol. The third-order valence-corrected chi connectivity index (χ3v) is 7.69. The van der Waals surface area contributed by atoms with E-state index in [2.05, 4.69) is 0 Å². The Hall–Kier alpha value is -1.90. The largest absolute Gasteiger partial charge is 0.493 e. The molecule has 1 atom stereocenters. The molecule has 0 saturated carbocycles. The SMILES string of the molecule is COc1cc(CCCCC(=O)c2ccc(CCC(C)(N)CCP(=O)(O)O)s2)cc(OC)c1OC. The van der Waals surface area contributed by atoms with E-state index in [0.717, 1.165) is 34.6 Å². The summed E-state index contributed by atoms with van der Waals surface area (Å²) in [5, 5.41) is 0. The highest BCUT2D eigenvalue weighted by atomic mass is 32.1. The summed E-state index contributed by atoms with van der Waals surface area (Å²) in [6.45, 7) is 1.80. The van der Waals surface area contributed by atoms with Crippen molar-refractivity contribution in [1.82, 2.24) is 0 Å². The summed E-state index contributed by atoms with van der Waals surface area (Å²) in [5.41, 5.74) is 6.59. The number of ketones is 1. The predicted molar refractivity (Wildman–Crippen MR) is 135 cm³/mol. The first kappa shape index (κ1) is 28.3. The van der Waals surface area contributed by atoms with Gasteiger partial charge in [-0.3, -0.25) is 9.36 Å². The summed E-state index contributed by atoms with van der Waals surface area (Å²) in [6, 6.07) is 7.65. The summed E-state index contributed by atoms with van der Waals surface area (Å²) in [6.07, 6.45) is 4.19. The van der Waals surface area contributed by atoms with Gasteiger partial charge in [0, 0.05) is 16.8 Å². The molecule has 0 spiro atoms. The van der Waals surface area contributed by atoms with Gasteiger partial charge in [-0.1, -0.05) is 0 Å². The van der Waals surface area contributed by atoms with Gasteiger partial charge in [0.25, 0.3) is 0 Å². The first-order valence-electron chi connectivity index (χ1n) is 11.2. The van der Waals surface area contributed by atoms with E-state index < -0.39 is 13.1 Å². The molecule has 2 aromatic rings. The molecule has 10 heteroatoms. The van der Waals surface area contributed by atoms with Crippen LogP contribution in [0.2, 0.25) is 0 Å². The molecule has 1 unspecified atom stereocenters. The summed E-state index contributed by atoms with van der Waals surface area (Å²) < 4.78 is 27.2. The van der Waals surface area contributed by atoms with Crippen LogP contribution in [0.4, 0.5) is 0 Å². The zero-order valence-electron chi connectivity index (χ0n) is 20.3. The number of methoxy groups -OCH3 is 3. The van der Waals surface area contributed by atoms with E-state index in [1.54, 1.807) is 28.3 Å². The van der Waals surface area contributed by atoms with E-state index in [4.69, 9.17) is 29.7 Å². The van der Waals surface area contributed by atoms with Crippen molar-refractivity contribution in [1.29, 1.82) is 0 Å². The molecule has 2 rings (SSSR count). The molecular formula is C24H36NO7PS. The molecule has 0 aliphatic carbocycles. The number of ether oxygens (including phenoxy) is 3. The Bertz CT molecular complexity index is 974. The van der Waals surface area contributed by atoms with E-state index in [-0.39, 0.29) is 18.4 Å². The molecular weight excluding hydrogens is 477 g/mol. The van der Waals surface area contributed by atoms with Gasteiger partial charge in [-0.15, -0.1) is 11.3 Å². The van der Waals surface area contributed by atoms with Crippen molar-refractivity contribution in [3.8, 4) is 17.2 Å². The van der Waals surface area contributed by atoms with Gasteiger partial charge in [-0.05, 0) is 75.3 Å². The maximum Gasteiger partial charge on any atom is 0.325 e. The first-order valence-corrected chi connectivity index (χ1v) is 13.8. The molecule has 4 N–H and O–H groups in total. The minimum absolute atomic E-state index is 0.123. The highest BCUT2D eigenvalue weighted by Crippen LogP contribution is 2.39. The normalized spacial score (nSPS) is 13.4. The van der Waals surface area contributed by atoms with Crippen molar-refractivity contribution in [3.63, 3.8) is 0 Å². The molecule has 0 fully saturated rings. The van der Waals surface area contributed by atoms with Crippen LogP contribution in [0.15, 0.2) is 24.3 Å². The number of hydrogen-bond donors (Lipinski definition) is 3. The van der Waals surface area contributed by atoms with Crippen LogP contribution in [0.5, 0.6) is 17.2 Å². The molecule has 34 heavy (non-hydrogen) atoms. The lowest BCUT2D eigenvalue weighted by molar-refractivity contribution is 0.0983. The second-order valence-electron chi connectivity index (χ2n) is 8.72. The number of rotatable bonds is 15. The number of carbonyl (C=O) groups is 1. The van der Waals surface area contributed by atoms with E-state index in [1.165, 1.54) is 11.3 Å². The number of benzene rings is 1. The van der Waals surface area contributed by atoms with Crippen LogP contribution < -0.4 is 19.9 Å². The van der Waals surface area contributed by atoms with Crippen LogP contribution in [-0.4, -0.2) is 48.6 Å². The average molecular weight is 514 g/mol. The Kier molecular flexibility index (Phi) is 10.6. The smallest absolute Gasteiger partial charge is 0.325 e. The van der Waals surface area contributed by atoms with Gasteiger partial charge in [0.15, 0.2) is 17.3 Å². The molecule has 1 aromatic carbocycles. The highest BCUT2D eigenvalue weighted by Gasteiger charge is 2.24. The van der Waals surface area contributed by atoms with Gasteiger partial charge >= 0.3 is 7.60 Å². The van der Waals surface area contributed by atoms with Crippen LogP contribution in [0, 0.1) is 0 Å². The molecule has 0 aliphatic heterocycles. The number of thiophene rings is 1. The summed E-state index contributed by atoms with van der Waals surface area (Å²) in [7, 11) is 0.697. The quantitative estimate of drug-likeness (QED) is 0.179. The van der Waals surface area contributed by atoms with Gasteiger partial charge in [0.05, 0.1) is 32.4 Å². The minimum Gasteiger partial charge on any atom is -0.493 e. The summed E-state index contributed by atoms with van der Waals surface area (Å²) >= 11 is 1.47. The van der Waals surface area contributed by atoms with Crippen LogP contribution in [-0.2, 0) is 17.4 Å². The van der Waals surface area contributed by atoms with Crippen molar-refractivity contribution >= 4 is 24.7 Å². The summed E-state index contributed by atoms with van der Waals surface area (Å²) in [5.74, 6) is 1.93. The second kappa shape index (κ2) is 12.7. The number of hydrogen-bond acceptors (Lipinski definition) is 7. The lowest BCUT2D eigenvalue weighted by Gasteiger charge is -2.24. The van der Waals surface area contributed by atoms with E-state index in [9.17, 15) is 9.36 Å². The van der Waals surface area contributed by atoms with Crippen molar-refractivity contribution in [2.24, 2.45) is 5.73 Å². The highest BCUT2D eigenvalue weighted by molar-refractivity contribution is 7.51. The molecule has 0 radical (unpaired) electrons. The molecule has 190 valence electrons. The zero-order valence-corrected chi connectivity index (χ0v) is 22.0. The third kappa shape index (κ3) is 9.04. The minimum atomic E-state index is -4.05. The third-order valence-electron chi connectivity index (χ3n) is 5.70. The molecule has 0 bridgehead atoms. The van der Waals surface area contributed by atoms with Gasteiger partial charge in [-0.25, -0.2) is 0 Å². The zero-order chi connectivity index (χ0) is 25.4. The van der Waals surface area contributed by atoms with Crippen molar-refractivity contribution in [2.75, 3.05) is 27.5 Å². The van der Waals surface area contributed by atoms with Crippen LogP contribution in [0.25, 0.3) is 0 Å². The van der Waals surface area contributed by atoms with E-state index >= 15 is 0 Å². The van der Waals surface area contributed by atoms with Crippen LogP contribution in [0.3, 0.4) is 0 Å². The molecule has 0 amide bonds. The second-order valence-corrected chi connectivity index (χ2v) is 11.7. The number of Topliss-reactive ketones (excluding diaryl/α,β-unsaturated/α-hetero) is 1. The van der Waals surface area contributed by atoms with Gasteiger partial charge in [0.1, 0.15) is 0 Å². The Morgan fingerprint density at radius 1 is 1.03 bits per heavy atom. The van der Waals surface area contributed by atoms with E-state index in [1.807, 2.05) is 24.3 Å². The molecule has 1 heterocycles. The number of unbranched alkanes of at least 4 members (excludes halogenated alkanes) is 1. The van der Waals surface area contributed by atoms with E-state index in [0.29, 0.717) is 36.5 Å². The molecule has 8 nitrogen and oxygen atoms in total. The van der Waals surface area contributed by atoms with Crippen LogP contribution in [0.1, 0.15) is 59.1 Å². The fourth-order valence-corrected chi connectivity index (χ4v) is 5.39. The lowest BCUT2D eigenvalue weighted by atomic mass is 9.94. The standard InChI is InChI=1S/C24H36NO7PS/c1-24(25,13-14-33(27,28)29)12-11-18-9-10-22(34-18)19(26)8-6-5-7-17-15-20(30-2)23(32-4)21(16-17)31-3/h9-10,15-16H,5-8,11-14,25H2,1-4H3,(H2,27,28,29). The Morgan fingerprint density at radius 2 is 1.68 bits per heavy atom. The Morgan fingerprint density at radius 3 is 2.24 bits per heavy atom. The van der Waals surface area contributed by atoms with Gasteiger partial charge in [-0.2, -0.15) is 0 Å². The number of nitrogens with two attached hydrogens (primary N) is 1. The molecule has 0 aliphatic rings. The molecule has 0 saturated heterocycles. The lowest BCUT2D eigenvalue weighted by Crippen LogP contribution is -2.37. The predicted octanol–water partition coefficient (Wildman–Crippen LogP) is 4.59. The maximum atomic E-state index is 12.6. The Balaban J connectivity index is 1.82. The van der Waals surface area contributed by atoms with Crippen molar-refractivity contribution < 1.29 is 33.4 Å². The number of aryl methyl sites for hydroxylation is 2. The van der Waals surface area contributed by atoms with Gasteiger partial charge in [0.2, 0.25) is 5.75 Å². The molecule has 1 aromatic heterocycles.